The van der Waals surface area contributed by atoms with Crippen molar-refractivity contribution in [3.8, 4) is 0 Å². The molecule has 0 aliphatic rings. The Balaban J connectivity index is 2.25. The Hall–Kier alpha value is -1.99. The monoisotopic (exact) mass is 355 g/mol. The lowest BCUT2D eigenvalue weighted by Gasteiger charge is -2.05. The summed E-state index contributed by atoms with van der Waals surface area (Å²) in [6, 6.07) is 7.01. The molecule has 1 aromatic carbocycles. The average molecular weight is 357 g/mol. The first kappa shape index (κ1) is 14.4. The van der Waals surface area contributed by atoms with Gasteiger partial charge >= 0.3 is 0 Å². The second-order valence-corrected chi connectivity index (χ2v) is 5.03. The Morgan fingerprint density at radius 1 is 1.35 bits per heavy atom. The number of carbonyl (C=O) groups is 1. The van der Waals surface area contributed by atoms with E-state index in [0.29, 0.717) is 10.3 Å². The predicted octanol–water partition coefficient (Wildman–Crippen LogP) is 3.66. The molecule has 0 radical (unpaired) electrons. The van der Waals surface area contributed by atoms with Gasteiger partial charge in [0.25, 0.3) is 11.6 Å². The van der Waals surface area contributed by atoms with E-state index < -0.39 is 10.8 Å². The zero-order chi connectivity index (χ0) is 14.7. The van der Waals surface area contributed by atoms with Gasteiger partial charge in [-0.05, 0) is 34.1 Å². The summed E-state index contributed by atoms with van der Waals surface area (Å²) in [5.74, 6) is -0.500. The number of hydrogen-bond donors (Lipinski definition) is 1. The predicted molar refractivity (Wildman–Crippen MR) is 78.0 cm³/mol. The summed E-state index contributed by atoms with van der Waals surface area (Å²) in [4.78, 5) is 26.1. The number of non-ortho nitro benzene ring substituents is 1. The van der Waals surface area contributed by atoms with E-state index in [0.717, 1.165) is 6.07 Å². The van der Waals surface area contributed by atoms with E-state index in [1.54, 1.807) is 12.1 Å². The molecule has 8 heteroatoms. The number of pyridine rings is 1. The summed E-state index contributed by atoms with van der Waals surface area (Å²) in [6.45, 7) is 0. The number of halogens is 2. The molecular formula is C12H7BrClN3O3. The summed E-state index contributed by atoms with van der Waals surface area (Å²) in [5, 5.41) is 13.4. The first-order valence-electron chi connectivity index (χ1n) is 5.33. The van der Waals surface area contributed by atoms with Gasteiger partial charge < -0.3 is 5.32 Å². The SMILES string of the molecule is O=C(Nc1ccc(Br)nc1)c1cc(Cl)cc([N+](=O)[O-])c1. The molecule has 1 amide bonds. The number of aromatic nitrogens is 1. The standard InChI is InChI=1S/C12H7BrClN3O3/c13-11-2-1-9(6-15-11)16-12(18)7-3-8(14)5-10(4-7)17(19)20/h1-6H,(H,16,18). The number of nitrogens with one attached hydrogen (secondary N) is 1. The maximum Gasteiger partial charge on any atom is 0.271 e. The van der Waals surface area contributed by atoms with Crippen LogP contribution in [0.15, 0.2) is 41.1 Å². The van der Waals surface area contributed by atoms with Crippen molar-refractivity contribution < 1.29 is 9.72 Å². The number of nitrogens with zero attached hydrogens (tertiary/aromatic N) is 2. The molecule has 1 aromatic heterocycles. The summed E-state index contributed by atoms with van der Waals surface area (Å²) < 4.78 is 0.633. The van der Waals surface area contributed by atoms with E-state index >= 15 is 0 Å². The number of benzene rings is 1. The molecule has 102 valence electrons. The molecule has 0 bridgehead atoms. The fraction of sp³-hybridized carbons (Fsp3) is 0. The number of rotatable bonds is 3. The van der Waals surface area contributed by atoms with Crippen LogP contribution in [0.4, 0.5) is 11.4 Å². The molecule has 0 saturated carbocycles. The van der Waals surface area contributed by atoms with E-state index in [9.17, 15) is 14.9 Å². The van der Waals surface area contributed by atoms with Gasteiger partial charge in [-0.15, -0.1) is 0 Å². The smallest absolute Gasteiger partial charge is 0.271 e. The van der Waals surface area contributed by atoms with Crippen molar-refractivity contribution in [2.45, 2.75) is 0 Å². The van der Waals surface area contributed by atoms with E-state index in [2.05, 4.69) is 26.2 Å². The molecule has 20 heavy (non-hydrogen) atoms. The van der Waals surface area contributed by atoms with Crippen molar-refractivity contribution in [3.05, 3.63) is 61.8 Å². The van der Waals surface area contributed by atoms with Gasteiger partial charge in [-0.3, -0.25) is 14.9 Å². The van der Waals surface area contributed by atoms with Gasteiger partial charge in [-0.2, -0.15) is 0 Å². The molecule has 1 heterocycles. The lowest BCUT2D eigenvalue weighted by Crippen LogP contribution is -2.12. The molecule has 0 atom stereocenters. The Labute approximate surface area is 127 Å². The highest BCUT2D eigenvalue weighted by Crippen LogP contribution is 2.21. The zero-order valence-corrected chi connectivity index (χ0v) is 12.2. The summed E-state index contributed by atoms with van der Waals surface area (Å²) in [7, 11) is 0. The van der Waals surface area contributed by atoms with Crippen LogP contribution in [0.5, 0.6) is 0 Å². The van der Waals surface area contributed by atoms with Crippen molar-refractivity contribution in [2.75, 3.05) is 5.32 Å². The summed E-state index contributed by atoms with van der Waals surface area (Å²) in [5.41, 5.74) is 0.338. The van der Waals surface area contributed by atoms with Crippen LogP contribution in [0.3, 0.4) is 0 Å². The summed E-state index contributed by atoms with van der Waals surface area (Å²) >= 11 is 8.93. The van der Waals surface area contributed by atoms with Gasteiger partial charge in [0.15, 0.2) is 0 Å². The highest BCUT2D eigenvalue weighted by Gasteiger charge is 2.14. The minimum absolute atomic E-state index is 0.104. The minimum Gasteiger partial charge on any atom is -0.321 e. The first-order valence-corrected chi connectivity index (χ1v) is 6.51. The summed E-state index contributed by atoms with van der Waals surface area (Å²) in [6.07, 6.45) is 1.46. The van der Waals surface area contributed by atoms with Gasteiger partial charge in [-0.25, -0.2) is 4.98 Å². The van der Waals surface area contributed by atoms with Gasteiger partial charge in [0.05, 0.1) is 16.8 Å². The highest BCUT2D eigenvalue weighted by atomic mass is 79.9. The van der Waals surface area contributed by atoms with E-state index in [-0.39, 0.29) is 16.3 Å². The average Bonchev–Trinajstić information content (AvgIpc) is 2.40. The Kier molecular flexibility index (Phi) is 4.31. The van der Waals surface area contributed by atoms with Crippen LogP contribution in [0.2, 0.25) is 5.02 Å². The molecule has 0 aliphatic heterocycles. The maximum absolute atomic E-state index is 12.0. The number of hydrogen-bond acceptors (Lipinski definition) is 4. The van der Waals surface area contributed by atoms with Gasteiger partial charge in [0.2, 0.25) is 0 Å². The highest BCUT2D eigenvalue weighted by molar-refractivity contribution is 9.10. The van der Waals surface area contributed by atoms with Crippen LogP contribution in [-0.2, 0) is 0 Å². The quantitative estimate of drug-likeness (QED) is 0.516. The van der Waals surface area contributed by atoms with Crippen molar-refractivity contribution in [1.82, 2.24) is 4.98 Å². The molecule has 0 aliphatic carbocycles. The zero-order valence-electron chi connectivity index (χ0n) is 9.84. The van der Waals surface area contributed by atoms with E-state index in [4.69, 9.17) is 11.6 Å². The molecule has 0 unspecified atom stereocenters. The lowest BCUT2D eigenvalue weighted by atomic mass is 10.2. The molecule has 6 nitrogen and oxygen atoms in total. The Morgan fingerprint density at radius 3 is 2.70 bits per heavy atom. The normalized spacial score (nSPS) is 10.1. The number of nitro groups is 1. The number of amides is 1. The van der Waals surface area contributed by atoms with Crippen LogP contribution >= 0.6 is 27.5 Å². The number of carbonyl (C=O) groups excluding carboxylic acids is 1. The third-order valence-electron chi connectivity index (χ3n) is 2.34. The molecule has 2 rings (SSSR count). The molecule has 1 N–H and O–H groups in total. The van der Waals surface area contributed by atoms with Crippen LogP contribution in [-0.4, -0.2) is 15.8 Å². The largest absolute Gasteiger partial charge is 0.321 e. The maximum atomic E-state index is 12.0. The molecular weight excluding hydrogens is 350 g/mol. The molecule has 2 aromatic rings. The second-order valence-electron chi connectivity index (χ2n) is 3.78. The molecule has 0 saturated heterocycles. The molecule has 0 fully saturated rings. The van der Waals surface area contributed by atoms with Crippen molar-refractivity contribution in [3.63, 3.8) is 0 Å². The topological polar surface area (TPSA) is 85.1 Å². The van der Waals surface area contributed by atoms with Crippen LogP contribution < -0.4 is 5.32 Å². The van der Waals surface area contributed by atoms with Crippen molar-refractivity contribution >= 4 is 44.8 Å². The third kappa shape index (κ3) is 3.52. The van der Waals surface area contributed by atoms with Crippen molar-refractivity contribution in [2.24, 2.45) is 0 Å². The van der Waals surface area contributed by atoms with Crippen LogP contribution in [0.25, 0.3) is 0 Å². The molecule has 0 spiro atoms. The van der Waals surface area contributed by atoms with E-state index in [1.165, 1.54) is 18.3 Å². The Bertz CT molecular complexity index is 676. The number of anilines is 1. The number of nitro benzene ring substituents is 1. The first-order chi connectivity index (χ1) is 9.45. The van der Waals surface area contributed by atoms with Gasteiger partial charge in [0, 0.05) is 22.7 Å². The fourth-order valence-corrected chi connectivity index (χ4v) is 1.93. The van der Waals surface area contributed by atoms with E-state index in [1.807, 2.05) is 0 Å². The van der Waals surface area contributed by atoms with Crippen LogP contribution in [0, 0.1) is 10.1 Å². The van der Waals surface area contributed by atoms with Crippen molar-refractivity contribution in [1.29, 1.82) is 0 Å². The van der Waals surface area contributed by atoms with Gasteiger partial charge in [0.1, 0.15) is 4.60 Å². The van der Waals surface area contributed by atoms with Crippen LogP contribution in [0.1, 0.15) is 10.4 Å². The fourth-order valence-electron chi connectivity index (χ4n) is 1.46. The third-order valence-corrected chi connectivity index (χ3v) is 3.03. The Morgan fingerprint density at radius 2 is 2.10 bits per heavy atom. The second kappa shape index (κ2) is 5.98. The minimum atomic E-state index is -0.607. The van der Waals surface area contributed by atoms with Gasteiger partial charge in [-0.1, -0.05) is 11.6 Å². The lowest BCUT2D eigenvalue weighted by molar-refractivity contribution is -0.384.